The van der Waals surface area contributed by atoms with Crippen LogP contribution in [0.25, 0.3) is 27.2 Å². The summed E-state index contributed by atoms with van der Waals surface area (Å²) in [7, 11) is -1.80. The average Bonchev–Trinajstić information content (AvgIpc) is 3.00. The minimum atomic E-state index is -1.80. The Morgan fingerprint density at radius 3 is 2.19 bits per heavy atom. The zero-order chi connectivity index (χ0) is 22.6. The van der Waals surface area contributed by atoms with Crippen LogP contribution < -0.4 is 9.70 Å². The first-order valence-corrected chi connectivity index (χ1v) is 14.9. The second-order valence-corrected chi connectivity index (χ2v) is 16.4. The fourth-order valence-electron chi connectivity index (χ4n) is 6.40. The number of pyridine rings is 1. The summed E-state index contributed by atoms with van der Waals surface area (Å²) in [5, 5.41) is 6.21. The highest BCUT2D eigenvalue weighted by Crippen LogP contribution is 2.46. The third-order valence-electron chi connectivity index (χ3n) is 8.54. The zero-order valence-corrected chi connectivity index (χ0v) is 21.9. The van der Waals surface area contributed by atoms with Gasteiger partial charge in [0.1, 0.15) is 8.07 Å². The van der Waals surface area contributed by atoms with Crippen LogP contribution in [0.5, 0.6) is 0 Å². The number of benzene rings is 2. The van der Waals surface area contributed by atoms with E-state index in [0.29, 0.717) is 12.0 Å². The molecule has 31 heavy (non-hydrogen) atoms. The van der Waals surface area contributed by atoms with Crippen LogP contribution in [0, 0.1) is 13.8 Å². The Bertz CT molecular complexity index is 1400. The number of nitrogens with zero attached hydrogens (tertiary/aromatic N) is 2. The van der Waals surface area contributed by atoms with Gasteiger partial charge in [-0.1, -0.05) is 69.6 Å². The lowest BCUT2D eigenvalue weighted by molar-refractivity contribution is -0.586. The van der Waals surface area contributed by atoms with E-state index in [9.17, 15) is 0 Å². The minimum absolute atomic E-state index is 0.177. The first-order valence-electron chi connectivity index (χ1n) is 11.9. The number of fused-ring (bicyclic) bond motifs is 3. The first-order chi connectivity index (χ1) is 14.4. The first kappa shape index (κ1) is 20.8. The highest BCUT2D eigenvalue weighted by Gasteiger charge is 2.52. The molecule has 2 aromatic carbocycles. The summed E-state index contributed by atoms with van der Waals surface area (Å²) in [6, 6.07) is 12.2. The fourth-order valence-corrected chi connectivity index (χ4v) is 9.75. The van der Waals surface area contributed by atoms with Gasteiger partial charge in [0.15, 0.2) is 0 Å². The summed E-state index contributed by atoms with van der Waals surface area (Å²) in [6.45, 7) is 24.2. The maximum Gasteiger partial charge on any atom is 0.247 e. The minimum Gasteiger partial charge on any atom is -0.149 e. The van der Waals surface area contributed by atoms with Crippen LogP contribution in [0.2, 0.25) is 13.1 Å². The van der Waals surface area contributed by atoms with Crippen LogP contribution in [0.1, 0.15) is 75.9 Å². The quantitative estimate of drug-likeness (QED) is 0.193. The van der Waals surface area contributed by atoms with Gasteiger partial charge < -0.3 is 0 Å². The summed E-state index contributed by atoms with van der Waals surface area (Å²) in [5.74, 6) is 0.476. The molecule has 3 heterocycles. The number of hydrogen-bond acceptors (Lipinski definition) is 0. The number of hydrogen-bond donors (Lipinski definition) is 0. The van der Waals surface area contributed by atoms with Gasteiger partial charge in [-0.15, -0.1) is 4.68 Å². The van der Waals surface area contributed by atoms with Gasteiger partial charge in [0.2, 0.25) is 11.0 Å². The summed E-state index contributed by atoms with van der Waals surface area (Å²) >= 11 is 0. The van der Waals surface area contributed by atoms with Crippen LogP contribution in [0.3, 0.4) is 0 Å². The highest BCUT2D eigenvalue weighted by molar-refractivity contribution is 6.94. The number of aromatic nitrogens is 2. The Kier molecular flexibility index (Phi) is 4.16. The normalized spacial score (nSPS) is 17.2. The van der Waals surface area contributed by atoms with E-state index in [1.165, 1.54) is 44.0 Å². The molecule has 162 valence electrons. The number of para-hydroxylation sites is 1. The molecule has 0 unspecified atom stereocenters. The predicted molar refractivity (Wildman–Crippen MR) is 137 cm³/mol. The molecule has 0 fully saturated rings. The van der Waals surface area contributed by atoms with E-state index in [-0.39, 0.29) is 5.04 Å². The van der Waals surface area contributed by atoms with Crippen LogP contribution in [-0.4, -0.2) is 12.8 Å². The Morgan fingerprint density at radius 2 is 1.58 bits per heavy atom. The molecule has 0 saturated heterocycles. The Balaban J connectivity index is 2.28. The van der Waals surface area contributed by atoms with E-state index in [0.717, 1.165) is 0 Å². The predicted octanol–water partition coefficient (Wildman–Crippen LogP) is 6.60. The highest BCUT2D eigenvalue weighted by atomic mass is 28.3. The second kappa shape index (κ2) is 6.22. The van der Waals surface area contributed by atoms with Crippen molar-refractivity contribution in [1.82, 2.24) is 4.68 Å². The lowest BCUT2D eigenvalue weighted by atomic mass is 9.88. The van der Waals surface area contributed by atoms with Gasteiger partial charge in [-0.3, -0.25) is 0 Å². The van der Waals surface area contributed by atoms with Crippen LogP contribution in [0.15, 0.2) is 30.3 Å². The molecule has 0 radical (unpaired) electrons. The van der Waals surface area contributed by atoms with Crippen molar-refractivity contribution in [2.75, 3.05) is 0 Å². The van der Waals surface area contributed by atoms with Crippen molar-refractivity contribution >= 4 is 40.5 Å². The Labute approximate surface area is 187 Å². The van der Waals surface area contributed by atoms with Gasteiger partial charge >= 0.3 is 0 Å². The standard InChI is InChI=1S/C28H37N2Si/c1-16(2)20-12-11-13-21-23-18(5)14-15-22-24(23)26-27(31(9,10)28(22,7)8)19(6)29(17(3)4)30(26)25(20)21/h11-17H,1-10H3/q+1. The van der Waals surface area contributed by atoms with Crippen LogP contribution >= 0.6 is 0 Å². The number of rotatable bonds is 2. The molecule has 0 bridgehead atoms. The van der Waals surface area contributed by atoms with E-state index < -0.39 is 8.07 Å². The SMILES string of the molecule is Cc1ccc2c3c1c1cccc(C(C)C)c1[n+]1c3c(c(C)n1C(C)C)[Si](C)(C)C2(C)C. The molecule has 5 rings (SSSR count). The third kappa shape index (κ3) is 2.31. The molecule has 4 aromatic rings. The molecular weight excluding hydrogens is 392 g/mol. The Morgan fingerprint density at radius 1 is 0.903 bits per heavy atom. The Hall–Kier alpha value is -2.13. The summed E-state index contributed by atoms with van der Waals surface area (Å²) in [4.78, 5) is 0. The van der Waals surface area contributed by atoms with Gasteiger partial charge in [0.25, 0.3) is 0 Å². The molecule has 2 aromatic heterocycles. The van der Waals surface area contributed by atoms with Crippen molar-refractivity contribution in [2.45, 2.75) is 85.5 Å². The summed E-state index contributed by atoms with van der Waals surface area (Å²) in [5.41, 5.74) is 8.77. The van der Waals surface area contributed by atoms with Crippen molar-refractivity contribution in [1.29, 1.82) is 0 Å². The lowest BCUT2D eigenvalue weighted by Crippen LogP contribution is -2.60. The largest absolute Gasteiger partial charge is 0.247 e. The van der Waals surface area contributed by atoms with Crippen LogP contribution in [-0.2, 0) is 5.04 Å². The van der Waals surface area contributed by atoms with E-state index in [1.54, 1.807) is 10.8 Å². The molecular formula is C28H37N2Si+. The molecule has 0 aliphatic carbocycles. The molecule has 0 atom stereocenters. The third-order valence-corrected chi connectivity index (χ3v) is 13.8. The second-order valence-electron chi connectivity index (χ2n) is 11.4. The van der Waals surface area contributed by atoms with E-state index in [2.05, 4.69) is 108 Å². The molecule has 2 nitrogen and oxygen atoms in total. The molecule has 3 heteroatoms. The summed E-state index contributed by atoms with van der Waals surface area (Å²) in [6.07, 6.45) is 0. The fraction of sp³-hybridized carbons (Fsp3) is 0.464. The van der Waals surface area contributed by atoms with Gasteiger partial charge in [0, 0.05) is 16.1 Å². The van der Waals surface area contributed by atoms with E-state index in [4.69, 9.17) is 0 Å². The van der Waals surface area contributed by atoms with Crippen molar-refractivity contribution in [3.8, 4) is 0 Å². The van der Waals surface area contributed by atoms with E-state index >= 15 is 0 Å². The summed E-state index contributed by atoms with van der Waals surface area (Å²) < 4.78 is 5.23. The monoisotopic (exact) mass is 429 g/mol. The molecule has 0 N–H and O–H groups in total. The van der Waals surface area contributed by atoms with E-state index in [1.807, 2.05) is 0 Å². The van der Waals surface area contributed by atoms with Gasteiger partial charge in [-0.05, 0) is 55.8 Å². The van der Waals surface area contributed by atoms with Gasteiger partial charge in [-0.2, -0.15) is 0 Å². The maximum absolute atomic E-state index is 2.63. The average molecular weight is 430 g/mol. The van der Waals surface area contributed by atoms with Crippen molar-refractivity contribution in [3.05, 3.63) is 52.7 Å². The van der Waals surface area contributed by atoms with Gasteiger partial charge in [-0.25, -0.2) is 0 Å². The zero-order valence-electron chi connectivity index (χ0n) is 20.9. The van der Waals surface area contributed by atoms with Crippen molar-refractivity contribution in [3.63, 3.8) is 0 Å². The molecule has 1 aliphatic rings. The molecule has 0 amide bonds. The lowest BCUT2D eigenvalue weighted by Gasteiger charge is -2.43. The van der Waals surface area contributed by atoms with Crippen molar-refractivity contribution in [2.24, 2.45) is 0 Å². The molecule has 0 saturated carbocycles. The smallest absolute Gasteiger partial charge is 0.149 e. The molecule has 0 spiro atoms. The maximum atomic E-state index is 2.63. The topological polar surface area (TPSA) is 9.03 Å². The molecule has 1 aliphatic heterocycles. The van der Waals surface area contributed by atoms with Crippen molar-refractivity contribution < 1.29 is 4.52 Å². The van der Waals surface area contributed by atoms with Crippen LogP contribution in [0.4, 0.5) is 0 Å². The number of aryl methyl sites for hydroxylation is 1. The van der Waals surface area contributed by atoms with Gasteiger partial charge in [0.05, 0.1) is 22.5 Å².